The molecule has 0 radical (unpaired) electrons. The summed E-state index contributed by atoms with van der Waals surface area (Å²) in [5.41, 5.74) is 8.63. The van der Waals surface area contributed by atoms with Crippen LogP contribution in [0.1, 0.15) is 11.1 Å². The first-order valence-electron chi connectivity index (χ1n) is 6.56. The Morgan fingerprint density at radius 1 is 1.29 bits per heavy atom. The van der Waals surface area contributed by atoms with Gasteiger partial charge in [-0.1, -0.05) is 34.1 Å². The van der Waals surface area contributed by atoms with Gasteiger partial charge in [-0.3, -0.25) is 4.79 Å². The molecule has 0 heterocycles. The van der Waals surface area contributed by atoms with E-state index in [2.05, 4.69) is 21.2 Å². The Morgan fingerprint density at radius 2 is 1.95 bits per heavy atom. The highest BCUT2D eigenvalue weighted by Crippen LogP contribution is 2.20. The highest BCUT2D eigenvalue weighted by Gasteiger charge is 2.14. The maximum Gasteiger partial charge on any atom is 0.241 e. The van der Waals surface area contributed by atoms with Gasteiger partial charge in [0.05, 0.1) is 6.04 Å². The maximum absolute atomic E-state index is 12.1. The minimum Gasteiger partial charge on any atom is -0.508 e. The number of phenolic OH excluding ortho intramolecular Hbond substituents is 1. The number of halogens is 1. The summed E-state index contributed by atoms with van der Waals surface area (Å²) in [7, 11) is 0. The molecule has 0 spiro atoms. The number of carbonyl (C=O) groups is 1. The molecule has 110 valence electrons. The zero-order valence-corrected chi connectivity index (χ0v) is 13.2. The first-order chi connectivity index (χ1) is 9.95. The second-order valence-corrected chi connectivity index (χ2v) is 5.78. The van der Waals surface area contributed by atoms with Gasteiger partial charge < -0.3 is 16.2 Å². The molecule has 0 fully saturated rings. The smallest absolute Gasteiger partial charge is 0.241 e. The first kappa shape index (κ1) is 15.5. The number of benzene rings is 2. The maximum atomic E-state index is 12.1. The average molecular weight is 349 g/mol. The molecule has 4 N–H and O–H groups in total. The fourth-order valence-corrected chi connectivity index (χ4v) is 2.26. The van der Waals surface area contributed by atoms with E-state index in [-0.39, 0.29) is 11.7 Å². The third-order valence-electron chi connectivity index (χ3n) is 3.17. The minimum absolute atomic E-state index is 0.196. The third kappa shape index (κ3) is 4.31. The molecule has 1 amide bonds. The lowest BCUT2D eigenvalue weighted by molar-refractivity contribution is -0.117. The lowest BCUT2D eigenvalue weighted by atomic mass is 10.1. The quantitative estimate of drug-likeness (QED) is 0.794. The van der Waals surface area contributed by atoms with Crippen molar-refractivity contribution < 1.29 is 9.90 Å². The molecule has 0 saturated carbocycles. The molecule has 1 atom stereocenters. The van der Waals surface area contributed by atoms with Crippen LogP contribution in [0.2, 0.25) is 0 Å². The van der Waals surface area contributed by atoms with Crippen molar-refractivity contribution in [3.63, 3.8) is 0 Å². The molecule has 0 aliphatic rings. The number of aryl methyl sites for hydroxylation is 1. The van der Waals surface area contributed by atoms with E-state index in [1.807, 2.05) is 25.1 Å². The van der Waals surface area contributed by atoms with Crippen LogP contribution >= 0.6 is 15.9 Å². The van der Waals surface area contributed by atoms with Crippen LogP contribution in [0.3, 0.4) is 0 Å². The van der Waals surface area contributed by atoms with Gasteiger partial charge in [-0.25, -0.2) is 0 Å². The number of hydrogen-bond acceptors (Lipinski definition) is 3. The van der Waals surface area contributed by atoms with Crippen molar-refractivity contribution in [3.8, 4) is 5.75 Å². The van der Waals surface area contributed by atoms with Gasteiger partial charge in [-0.2, -0.15) is 0 Å². The van der Waals surface area contributed by atoms with Crippen LogP contribution < -0.4 is 11.1 Å². The van der Waals surface area contributed by atoms with Crippen LogP contribution in [-0.2, 0) is 11.2 Å². The van der Waals surface area contributed by atoms with E-state index in [1.54, 1.807) is 24.3 Å². The SMILES string of the molecule is Cc1ccc(NC(=O)C(N)Cc2ccc(O)cc2)cc1Br. The Morgan fingerprint density at radius 3 is 2.57 bits per heavy atom. The van der Waals surface area contributed by atoms with E-state index in [1.165, 1.54) is 0 Å². The molecule has 0 saturated heterocycles. The summed E-state index contributed by atoms with van der Waals surface area (Å²) in [6.07, 6.45) is 0.416. The third-order valence-corrected chi connectivity index (χ3v) is 4.02. The van der Waals surface area contributed by atoms with Gasteiger partial charge in [0.2, 0.25) is 5.91 Å². The largest absolute Gasteiger partial charge is 0.508 e. The number of rotatable bonds is 4. The Balaban J connectivity index is 1.98. The molecule has 21 heavy (non-hydrogen) atoms. The second-order valence-electron chi connectivity index (χ2n) is 4.93. The van der Waals surface area contributed by atoms with Gasteiger partial charge in [-0.05, 0) is 48.7 Å². The van der Waals surface area contributed by atoms with Crippen LogP contribution in [0.25, 0.3) is 0 Å². The number of nitrogens with one attached hydrogen (secondary N) is 1. The Hall–Kier alpha value is -1.85. The number of hydrogen-bond donors (Lipinski definition) is 3. The van der Waals surface area contributed by atoms with Crippen LogP contribution in [0.5, 0.6) is 5.75 Å². The van der Waals surface area contributed by atoms with E-state index < -0.39 is 6.04 Å². The van der Waals surface area contributed by atoms with Crippen molar-refractivity contribution in [3.05, 3.63) is 58.1 Å². The van der Waals surface area contributed by atoms with Crippen LogP contribution in [0.4, 0.5) is 5.69 Å². The van der Waals surface area contributed by atoms with Crippen molar-refractivity contribution in [1.29, 1.82) is 0 Å². The van der Waals surface area contributed by atoms with Gasteiger partial charge >= 0.3 is 0 Å². The lowest BCUT2D eigenvalue weighted by Gasteiger charge is -2.13. The number of carbonyl (C=O) groups excluding carboxylic acids is 1. The summed E-state index contributed by atoms with van der Waals surface area (Å²) in [5, 5.41) is 12.0. The van der Waals surface area contributed by atoms with Crippen molar-refractivity contribution in [2.24, 2.45) is 5.73 Å². The number of aromatic hydroxyl groups is 1. The number of phenols is 1. The number of amides is 1. The minimum atomic E-state index is -0.644. The van der Waals surface area contributed by atoms with Crippen LogP contribution in [0.15, 0.2) is 46.9 Å². The fraction of sp³-hybridized carbons (Fsp3) is 0.188. The van der Waals surface area contributed by atoms with Gasteiger partial charge in [0.15, 0.2) is 0 Å². The molecule has 0 aliphatic heterocycles. The highest BCUT2D eigenvalue weighted by atomic mass is 79.9. The predicted molar refractivity (Wildman–Crippen MR) is 87.3 cm³/mol. The van der Waals surface area contributed by atoms with Crippen LogP contribution in [-0.4, -0.2) is 17.1 Å². The number of nitrogens with two attached hydrogens (primary N) is 1. The van der Waals surface area contributed by atoms with Gasteiger partial charge in [0.25, 0.3) is 0 Å². The average Bonchev–Trinajstić information content (AvgIpc) is 2.45. The standard InChI is InChI=1S/C16H17BrN2O2/c1-10-2-5-12(9-14(10)17)19-16(21)15(18)8-11-3-6-13(20)7-4-11/h2-7,9,15,20H,8,18H2,1H3,(H,19,21). The Bertz CT molecular complexity index is 641. The zero-order chi connectivity index (χ0) is 15.4. The van der Waals surface area contributed by atoms with Gasteiger partial charge in [0, 0.05) is 10.2 Å². The van der Waals surface area contributed by atoms with E-state index >= 15 is 0 Å². The topological polar surface area (TPSA) is 75.4 Å². The van der Waals surface area contributed by atoms with E-state index in [4.69, 9.17) is 5.73 Å². The summed E-state index contributed by atoms with van der Waals surface area (Å²) in [5.74, 6) is -0.0416. The molecule has 5 heteroatoms. The zero-order valence-electron chi connectivity index (χ0n) is 11.6. The fourth-order valence-electron chi connectivity index (χ4n) is 1.88. The molecule has 2 aromatic rings. The van der Waals surface area contributed by atoms with Crippen molar-refractivity contribution in [1.82, 2.24) is 0 Å². The summed E-state index contributed by atoms with van der Waals surface area (Å²) >= 11 is 3.43. The van der Waals surface area contributed by atoms with E-state index in [0.29, 0.717) is 12.1 Å². The Kier molecular flexibility index (Phi) is 4.98. The predicted octanol–water partition coefficient (Wildman–Crippen LogP) is 2.97. The molecular formula is C16H17BrN2O2. The van der Waals surface area contributed by atoms with Crippen molar-refractivity contribution in [2.45, 2.75) is 19.4 Å². The molecule has 1 unspecified atom stereocenters. The number of anilines is 1. The molecule has 0 aliphatic carbocycles. The molecule has 0 bridgehead atoms. The Labute approximate surface area is 132 Å². The molecular weight excluding hydrogens is 332 g/mol. The van der Waals surface area contributed by atoms with Gasteiger partial charge in [0.1, 0.15) is 5.75 Å². The van der Waals surface area contributed by atoms with E-state index in [0.717, 1.165) is 15.6 Å². The van der Waals surface area contributed by atoms with Crippen molar-refractivity contribution in [2.75, 3.05) is 5.32 Å². The molecule has 4 nitrogen and oxygen atoms in total. The first-order valence-corrected chi connectivity index (χ1v) is 7.35. The normalized spacial score (nSPS) is 12.0. The highest BCUT2D eigenvalue weighted by molar-refractivity contribution is 9.10. The van der Waals surface area contributed by atoms with E-state index in [9.17, 15) is 9.90 Å². The summed E-state index contributed by atoms with van der Waals surface area (Å²) in [6, 6.07) is 11.6. The molecule has 0 aromatic heterocycles. The second kappa shape index (κ2) is 6.74. The molecule has 2 rings (SSSR count). The summed E-state index contributed by atoms with van der Waals surface area (Å²) < 4.78 is 0.937. The summed E-state index contributed by atoms with van der Waals surface area (Å²) in [6.45, 7) is 1.98. The molecule has 2 aromatic carbocycles. The monoisotopic (exact) mass is 348 g/mol. The summed E-state index contributed by atoms with van der Waals surface area (Å²) in [4.78, 5) is 12.1. The lowest BCUT2D eigenvalue weighted by Crippen LogP contribution is -2.37. The van der Waals surface area contributed by atoms with Gasteiger partial charge in [-0.15, -0.1) is 0 Å². The van der Waals surface area contributed by atoms with Crippen molar-refractivity contribution >= 4 is 27.5 Å². The van der Waals surface area contributed by atoms with Crippen LogP contribution in [0, 0.1) is 6.92 Å².